The smallest absolute Gasteiger partial charge is 0.351 e. The Labute approximate surface area is 65.8 Å². The van der Waals surface area contributed by atoms with Gasteiger partial charge in [0.05, 0.1) is 0 Å². The molecule has 0 amide bonds. The Morgan fingerprint density at radius 2 is 2.36 bits per heavy atom. The van der Waals surface area contributed by atoms with Crippen molar-refractivity contribution in [2.45, 2.75) is 13.3 Å². The van der Waals surface area contributed by atoms with E-state index in [2.05, 4.69) is 16.9 Å². The molecule has 0 aliphatic heterocycles. The van der Waals surface area contributed by atoms with Crippen LogP contribution in [0.2, 0.25) is 0 Å². The van der Waals surface area contributed by atoms with Crippen molar-refractivity contribution in [2.75, 3.05) is 13.2 Å². The summed E-state index contributed by atoms with van der Waals surface area (Å²) < 4.78 is 0. The molecule has 0 rings (SSSR count). The van der Waals surface area contributed by atoms with Crippen LogP contribution in [-0.4, -0.2) is 24.2 Å². The number of carbonyl (C=O) groups is 1. The van der Waals surface area contributed by atoms with Crippen molar-refractivity contribution in [1.82, 2.24) is 5.48 Å². The highest BCUT2D eigenvalue weighted by atomic mass is 16.7. The minimum absolute atomic E-state index is 0.0810. The maximum absolute atomic E-state index is 10.7. The molecule has 4 nitrogen and oxygen atoms in total. The lowest BCUT2D eigenvalue weighted by Crippen LogP contribution is -2.21. The van der Waals surface area contributed by atoms with Gasteiger partial charge in [0.25, 0.3) is 0 Å². The van der Waals surface area contributed by atoms with Crippen LogP contribution in [0.5, 0.6) is 0 Å². The lowest BCUT2D eigenvalue weighted by Gasteiger charge is -2.02. The highest BCUT2D eigenvalue weighted by molar-refractivity contribution is 5.86. The van der Waals surface area contributed by atoms with Crippen LogP contribution >= 0.6 is 0 Å². The third kappa shape index (κ3) is 5.57. The van der Waals surface area contributed by atoms with E-state index in [0.717, 1.165) is 0 Å². The van der Waals surface area contributed by atoms with E-state index < -0.39 is 5.97 Å². The number of hydroxylamine groups is 1. The average Bonchev–Trinajstić information content (AvgIpc) is 1.97. The summed E-state index contributed by atoms with van der Waals surface area (Å²) in [6, 6.07) is 0. The van der Waals surface area contributed by atoms with Crippen LogP contribution in [0, 0.1) is 0 Å². The van der Waals surface area contributed by atoms with Gasteiger partial charge >= 0.3 is 5.97 Å². The molecule has 0 radical (unpaired) electrons. The van der Waals surface area contributed by atoms with Gasteiger partial charge < -0.3 is 9.94 Å². The maximum Gasteiger partial charge on any atom is 0.351 e. The molecule has 0 aromatic carbocycles. The second-order valence-electron chi connectivity index (χ2n) is 2.14. The summed E-state index contributed by atoms with van der Waals surface area (Å²) in [5, 5.41) is 8.34. The number of hydrogen-bond donors (Lipinski definition) is 2. The number of rotatable bonds is 5. The number of aliphatic hydroxyl groups excluding tert-OH is 1. The zero-order valence-electron chi connectivity index (χ0n) is 6.59. The van der Waals surface area contributed by atoms with Crippen molar-refractivity contribution < 1.29 is 14.7 Å². The zero-order chi connectivity index (χ0) is 8.69. The molecule has 0 fully saturated rings. The Balaban J connectivity index is 3.25. The highest BCUT2D eigenvalue weighted by Gasteiger charge is 2.00. The van der Waals surface area contributed by atoms with Crippen LogP contribution < -0.4 is 5.48 Å². The minimum Gasteiger partial charge on any atom is -0.396 e. The SMILES string of the molecule is C=C(C)C(=O)ONCCCO. The molecule has 64 valence electrons. The summed E-state index contributed by atoms with van der Waals surface area (Å²) in [7, 11) is 0. The summed E-state index contributed by atoms with van der Waals surface area (Å²) in [5.41, 5.74) is 2.75. The molecule has 0 unspecified atom stereocenters. The zero-order valence-corrected chi connectivity index (χ0v) is 6.59. The van der Waals surface area contributed by atoms with Gasteiger partial charge in [0.15, 0.2) is 0 Å². The Hall–Kier alpha value is -0.870. The summed E-state index contributed by atoms with van der Waals surface area (Å²) >= 11 is 0. The molecular formula is C7H13NO3. The normalized spacial score (nSPS) is 9.27. The monoisotopic (exact) mass is 159 g/mol. The molecule has 0 bridgehead atoms. The fourth-order valence-corrected chi connectivity index (χ4v) is 0.355. The third-order valence-corrected chi connectivity index (χ3v) is 0.950. The van der Waals surface area contributed by atoms with Crippen LogP contribution in [0.15, 0.2) is 12.2 Å². The summed E-state index contributed by atoms with van der Waals surface area (Å²) in [4.78, 5) is 15.2. The van der Waals surface area contributed by atoms with E-state index in [-0.39, 0.29) is 6.61 Å². The minimum atomic E-state index is -0.470. The van der Waals surface area contributed by atoms with Crippen molar-refractivity contribution in [3.05, 3.63) is 12.2 Å². The Bertz CT molecular complexity index is 145. The fraction of sp³-hybridized carbons (Fsp3) is 0.571. The predicted molar refractivity (Wildman–Crippen MR) is 40.6 cm³/mol. The first-order valence-electron chi connectivity index (χ1n) is 3.39. The molecule has 4 heteroatoms. The maximum atomic E-state index is 10.7. The van der Waals surface area contributed by atoms with Crippen LogP contribution in [-0.2, 0) is 9.63 Å². The van der Waals surface area contributed by atoms with E-state index >= 15 is 0 Å². The summed E-state index contributed by atoms with van der Waals surface area (Å²) in [6.07, 6.45) is 0.559. The van der Waals surface area contributed by atoms with Crippen LogP contribution in [0.1, 0.15) is 13.3 Å². The van der Waals surface area contributed by atoms with Gasteiger partial charge in [-0.2, -0.15) is 5.48 Å². The molecule has 0 heterocycles. The first kappa shape index (κ1) is 10.1. The predicted octanol–water partition coefficient (Wildman–Crippen LogP) is -0.00730. The second kappa shape index (κ2) is 5.88. The molecule has 2 N–H and O–H groups in total. The van der Waals surface area contributed by atoms with Crippen LogP contribution in [0.25, 0.3) is 0 Å². The molecule has 0 aromatic heterocycles. The molecule has 0 aliphatic rings. The Morgan fingerprint density at radius 1 is 1.73 bits per heavy atom. The van der Waals surface area contributed by atoms with Crippen molar-refractivity contribution in [3.8, 4) is 0 Å². The first-order valence-corrected chi connectivity index (χ1v) is 3.39. The van der Waals surface area contributed by atoms with Crippen molar-refractivity contribution in [3.63, 3.8) is 0 Å². The quantitative estimate of drug-likeness (QED) is 0.336. The molecule has 0 atom stereocenters. The van der Waals surface area contributed by atoms with E-state index in [9.17, 15) is 4.79 Å². The standard InChI is InChI=1S/C7H13NO3/c1-6(2)7(10)11-8-4-3-5-9/h8-9H,1,3-5H2,2H3. The van der Waals surface area contributed by atoms with Gasteiger partial charge in [0.2, 0.25) is 0 Å². The van der Waals surface area contributed by atoms with Gasteiger partial charge in [-0.1, -0.05) is 6.58 Å². The number of carbonyl (C=O) groups excluding carboxylic acids is 1. The topological polar surface area (TPSA) is 58.6 Å². The molecule has 11 heavy (non-hydrogen) atoms. The molecular weight excluding hydrogens is 146 g/mol. The van der Waals surface area contributed by atoms with Crippen molar-refractivity contribution >= 4 is 5.97 Å². The number of hydrogen-bond acceptors (Lipinski definition) is 4. The van der Waals surface area contributed by atoms with Crippen LogP contribution in [0.3, 0.4) is 0 Å². The van der Waals surface area contributed by atoms with E-state index in [1.165, 1.54) is 0 Å². The fourth-order valence-electron chi connectivity index (χ4n) is 0.355. The van der Waals surface area contributed by atoms with Gasteiger partial charge in [-0.3, -0.25) is 0 Å². The molecule has 0 saturated heterocycles. The molecule has 0 saturated carbocycles. The average molecular weight is 159 g/mol. The lowest BCUT2D eigenvalue weighted by molar-refractivity contribution is -0.146. The van der Waals surface area contributed by atoms with Gasteiger partial charge in [0.1, 0.15) is 0 Å². The van der Waals surface area contributed by atoms with Crippen LogP contribution in [0.4, 0.5) is 0 Å². The highest BCUT2D eigenvalue weighted by Crippen LogP contribution is 1.88. The van der Waals surface area contributed by atoms with E-state index in [4.69, 9.17) is 5.11 Å². The van der Waals surface area contributed by atoms with E-state index in [0.29, 0.717) is 18.5 Å². The van der Waals surface area contributed by atoms with Gasteiger partial charge in [0, 0.05) is 18.7 Å². The molecule has 0 aliphatic carbocycles. The first-order chi connectivity index (χ1) is 5.18. The number of nitrogens with one attached hydrogen (secondary N) is 1. The van der Waals surface area contributed by atoms with Gasteiger partial charge in [-0.15, -0.1) is 0 Å². The third-order valence-electron chi connectivity index (χ3n) is 0.950. The molecule has 0 spiro atoms. The summed E-state index contributed by atoms with van der Waals surface area (Å²) in [6.45, 7) is 5.49. The van der Waals surface area contributed by atoms with Gasteiger partial charge in [-0.05, 0) is 13.3 Å². The largest absolute Gasteiger partial charge is 0.396 e. The Morgan fingerprint density at radius 3 is 2.82 bits per heavy atom. The van der Waals surface area contributed by atoms with E-state index in [1.807, 2.05) is 0 Å². The number of aliphatic hydroxyl groups is 1. The van der Waals surface area contributed by atoms with E-state index in [1.54, 1.807) is 6.92 Å². The van der Waals surface area contributed by atoms with Crippen molar-refractivity contribution in [2.24, 2.45) is 0 Å². The van der Waals surface area contributed by atoms with Gasteiger partial charge in [-0.25, -0.2) is 4.79 Å². The molecule has 0 aromatic rings. The lowest BCUT2D eigenvalue weighted by atomic mass is 10.4. The van der Waals surface area contributed by atoms with Crippen molar-refractivity contribution in [1.29, 1.82) is 0 Å². The second-order valence-corrected chi connectivity index (χ2v) is 2.14. The summed E-state index contributed by atoms with van der Waals surface area (Å²) in [5.74, 6) is -0.470. The Kier molecular flexibility index (Phi) is 5.42.